The molecule has 1 aromatic rings. The molecular weight excluding hydrogens is 369 g/mol. The van der Waals surface area contributed by atoms with Crippen molar-refractivity contribution in [2.75, 3.05) is 19.8 Å². The molecule has 152 valence electrons. The lowest BCUT2D eigenvalue weighted by Gasteiger charge is -2.31. The summed E-state index contributed by atoms with van der Waals surface area (Å²) >= 11 is 0. The smallest absolute Gasteiger partial charge is 0.381 e. The van der Waals surface area contributed by atoms with E-state index in [-0.39, 0.29) is 24.4 Å². The van der Waals surface area contributed by atoms with Crippen LogP contribution in [0.15, 0.2) is 30.4 Å². The van der Waals surface area contributed by atoms with Gasteiger partial charge < -0.3 is 15.0 Å². The zero-order valence-electron chi connectivity index (χ0n) is 15.7. The number of carbonyl (C=O) groups excluding carboxylic acids is 1. The second-order valence-corrected chi connectivity index (χ2v) is 7.88. The van der Waals surface area contributed by atoms with E-state index in [1.54, 1.807) is 11.0 Å². The lowest BCUT2D eigenvalue weighted by Crippen LogP contribution is -2.42. The molecule has 0 saturated carbocycles. The van der Waals surface area contributed by atoms with E-state index in [4.69, 9.17) is 4.74 Å². The van der Waals surface area contributed by atoms with Gasteiger partial charge in [-0.05, 0) is 48.9 Å². The number of halogens is 3. The molecule has 7 heteroatoms. The maximum atomic E-state index is 13.0. The number of hydrogen-bond acceptors (Lipinski definition) is 3. The maximum absolute atomic E-state index is 13.0. The van der Waals surface area contributed by atoms with Crippen LogP contribution >= 0.6 is 0 Å². The van der Waals surface area contributed by atoms with E-state index in [0.29, 0.717) is 31.0 Å². The topological polar surface area (TPSA) is 41.6 Å². The Bertz CT molecular complexity index is 757. The molecule has 1 aromatic carbocycles. The third kappa shape index (κ3) is 4.25. The minimum absolute atomic E-state index is 0.00980. The van der Waals surface area contributed by atoms with Gasteiger partial charge in [-0.25, -0.2) is 0 Å². The minimum atomic E-state index is -4.36. The standard InChI is InChI=1S/C21H25F3N2O2/c22-21(23,24)17-3-1-14-5-8-26(13-16(14)11-17)20(27)15-2-4-19(12-15)25-18-6-9-28-10-7-18/h1-4,11,15,18-19,25H,5-10,12-13H2/t15-,19?/m0/s1. The predicted octanol–water partition coefficient (Wildman–Crippen LogP) is 3.30. The van der Waals surface area contributed by atoms with Crippen molar-refractivity contribution >= 4 is 5.91 Å². The zero-order chi connectivity index (χ0) is 19.7. The Morgan fingerprint density at radius 2 is 1.93 bits per heavy atom. The molecule has 1 aliphatic carbocycles. The van der Waals surface area contributed by atoms with Gasteiger partial charge in [-0.2, -0.15) is 13.2 Å². The van der Waals surface area contributed by atoms with Gasteiger partial charge in [0.2, 0.25) is 5.91 Å². The number of fused-ring (bicyclic) bond motifs is 1. The van der Waals surface area contributed by atoms with Crippen LogP contribution in [0.5, 0.6) is 0 Å². The number of hydrogen-bond donors (Lipinski definition) is 1. The van der Waals surface area contributed by atoms with Crippen molar-refractivity contribution in [3.8, 4) is 0 Å². The fourth-order valence-electron chi connectivity index (χ4n) is 4.33. The lowest BCUT2D eigenvalue weighted by molar-refractivity contribution is -0.137. The SMILES string of the molecule is O=C([C@H]1C=CC(NC2CCOCC2)C1)N1CCc2ccc(C(F)(F)F)cc2C1. The largest absolute Gasteiger partial charge is 0.416 e. The molecular formula is C21H25F3N2O2. The molecule has 0 radical (unpaired) electrons. The summed E-state index contributed by atoms with van der Waals surface area (Å²) in [6, 6.07) is 4.45. The Kier molecular flexibility index (Phi) is 5.47. The van der Waals surface area contributed by atoms with Crippen LogP contribution in [0.1, 0.15) is 36.0 Å². The van der Waals surface area contributed by atoms with Crippen LogP contribution in [0.25, 0.3) is 0 Å². The first-order chi connectivity index (χ1) is 13.4. The number of alkyl halides is 3. The van der Waals surface area contributed by atoms with Crippen LogP contribution in [0.3, 0.4) is 0 Å². The molecule has 28 heavy (non-hydrogen) atoms. The molecule has 2 aliphatic heterocycles. The van der Waals surface area contributed by atoms with Crippen molar-refractivity contribution in [1.29, 1.82) is 0 Å². The summed E-state index contributed by atoms with van der Waals surface area (Å²) in [7, 11) is 0. The van der Waals surface area contributed by atoms with Crippen LogP contribution in [-0.4, -0.2) is 42.6 Å². The van der Waals surface area contributed by atoms with Gasteiger partial charge >= 0.3 is 6.18 Å². The van der Waals surface area contributed by atoms with Gasteiger partial charge in [0, 0.05) is 38.4 Å². The van der Waals surface area contributed by atoms with E-state index in [1.807, 2.05) is 6.08 Å². The number of nitrogens with zero attached hydrogens (tertiary/aromatic N) is 1. The van der Waals surface area contributed by atoms with E-state index < -0.39 is 11.7 Å². The highest BCUT2D eigenvalue weighted by molar-refractivity contribution is 5.81. The molecule has 1 fully saturated rings. The van der Waals surface area contributed by atoms with Crippen molar-refractivity contribution < 1.29 is 22.7 Å². The number of carbonyl (C=O) groups is 1. The average molecular weight is 394 g/mol. The summed E-state index contributed by atoms with van der Waals surface area (Å²) in [4.78, 5) is 14.6. The molecule has 0 aromatic heterocycles. The number of benzene rings is 1. The number of nitrogens with one attached hydrogen (secondary N) is 1. The van der Waals surface area contributed by atoms with Crippen molar-refractivity contribution in [1.82, 2.24) is 10.2 Å². The Morgan fingerprint density at radius 3 is 2.68 bits per heavy atom. The van der Waals surface area contributed by atoms with E-state index in [9.17, 15) is 18.0 Å². The first-order valence-corrected chi connectivity index (χ1v) is 9.90. The highest BCUT2D eigenvalue weighted by Gasteiger charge is 2.34. The van der Waals surface area contributed by atoms with Crippen molar-refractivity contribution in [2.24, 2.45) is 5.92 Å². The molecule has 1 N–H and O–H groups in total. The molecule has 0 spiro atoms. The normalized spacial score (nSPS) is 25.8. The fourth-order valence-corrected chi connectivity index (χ4v) is 4.33. The van der Waals surface area contributed by atoms with Gasteiger partial charge in [0.05, 0.1) is 11.5 Å². The Morgan fingerprint density at radius 1 is 1.14 bits per heavy atom. The molecule has 2 heterocycles. The van der Waals surface area contributed by atoms with E-state index in [0.717, 1.165) is 37.7 Å². The van der Waals surface area contributed by atoms with E-state index >= 15 is 0 Å². The second kappa shape index (κ2) is 7.87. The predicted molar refractivity (Wildman–Crippen MR) is 98.6 cm³/mol. The monoisotopic (exact) mass is 394 g/mol. The van der Waals surface area contributed by atoms with E-state index in [2.05, 4.69) is 11.4 Å². The highest BCUT2D eigenvalue weighted by Crippen LogP contribution is 2.33. The lowest BCUT2D eigenvalue weighted by atomic mass is 9.95. The zero-order valence-corrected chi connectivity index (χ0v) is 15.7. The summed E-state index contributed by atoms with van der Waals surface area (Å²) < 4.78 is 44.3. The Hall–Kier alpha value is -1.86. The Balaban J connectivity index is 1.36. The summed E-state index contributed by atoms with van der Waals surface area (Å²) in [6.45, 7) is 2.34. The summed E-state index contributed by atoms with van der Waals surface area (Å²) in [5.74, 6) is -0.194. The quantitative estimate of drug-likeness (QED) is 0.800. The third-order valence-electron chi connectivity index (χ3n) is 5.93. The minimum Gasteiger partial charge on any atom is -0.381 e. The van der Waals surface area contributed by atoms with Crippen LogP contribution in [-0.2, 0) is 28.7 Å². The van der Waals surface area contributed by atoms with Crippen molar-refractivity contribution in [2.45, 2.75) is 50.5 Å². The van der Waals surface area contributed by atoms with Gasteiger partial charge in [-0.15, -0.1) is 0 Å². The first-order valence-electron chi connectivity index (χ1n) is 9.90. The molecule has 3 aliphatic rings. The molecule has 4 rings (SSSR count). The summed E-state index contributed by atoms with van der Waals surface area (Å²) in [6.07, 6.45) is 2.90. The summed E-state index contributed by atoms with van der Waals surface area (Å²) in [5.41, 5.74) is 0.855. The average Bonchev–Trinajstić information content (AvgIpc) is 3.15. The second-order valence-electron chi connectivity index (χ2n) is 7.88. The highest BCUT2D eigenvalue weighted by atomic mass is 19.4. The maximum Gasteiger partial charge on any atom is 0.416 e. The number of amides is 1. The molecule has 1 saturated heterocycles. The van der Waals surface area contributed by atoms with Gasteiger partial charge in [0.1, 0.15) is 0 Å². The molecule has 1 unspecified atom stereocenters. The van der Waals surface area contributed by atoms with Crippen LogP contribution < -0.4 is 5.32 Å². The van der Waals surface area contributed by atoms with Crippen molar-refractivity contribution in [3.05, 3.63) is 47.0 Å². The van der Waals surface area contributed by atoms with Crippen LogP contribution in [0.2, 0.25) is 0 Å². The third-order valence-corrected chi connectivity index (χ3v) is 5.93. The Labute approximate surface area is 162 Å². The fraction of sp³-hybridized carbons (Fsp3) is 0.571. The molecule has 2 atom stereocenters. The van der Waals surface area contributed by atoms with Gasteiger partial charge in [0.15, 0.2) is 0 Å². The number of rotatable bonds is 3. The van der Waals surface area contributed by atoms with Gasteiger partial charge in [-0.3, -0.25) is 4.79 Å². The molecule has 4 nitrogen and oxygen atoms in total. The van der Waals surface area contributed by atoms with Crippen LogP contribution in [0.4, 0.5) is 13.2 Å². The van der Waals surface area contributed by atoms with Gasteiger partial charge in [0.25, 0.3) is 0 Å². The number of ether oxygens (including phenoxy) is 1. The van der Waals surface area contributed by atoms with Crippen LogP contribution in [0, 0.1) is 5.92 Å². The molecule has 1 amide bonds. The summed E-state index contributed by atoms with van der Waals surface area (Å²) in [5, 5.41) is 3.58. The molecule has 0 bridgehead atoms. The van der Waals surface area contributed by atoms with Gasteiger partial charge in [-0.1, -0.05) is 18.2 Å². The first kappa shape index (κ1) is 19.5. The van der Waals surface area contributed by atoms with E-state index in [1.165, 1.54) is 6.07 Å². The van der Waals surface area contributed by atoms with Crippen molar-refractivity contribution in [3.63, 3.8) is 0 Å².